The van der Waals surface area contributed by atoms with Crippen molar-refractivity contribution < 1.29 is 70.0 Å². The van der Waals surface area contributed by atoms with E-state index in [-0.39, 0.29) is 0 Å². The van der Waals surface area contributed by atoms with Gasteiger partial charge in [0.15, 0.2) is 0 Å². The molecule has 1 aliphatic rings. The minimum Gasteiger partial charge on any atom is -0.283 e. The summed E-state index contributed by atoms with van der Waals surface area (Å²) < 4.78 is 198. The van der Waals surface area contributed by atoms with E-state index in [1.54, 1.807) is 0 Å². The maximum Gasteiger partial charge on any atom is 0.384 e. The highest BCUT2D eigenvalue weighted by Crippen LogP contribution is 2.70. The standard InChI is InChI=1S/C7HF13O3S/c8-1(9)2(10,11)4(14,15)6(18,19)7(20,24(21,22)23)5(16,17)3(1,12)13/h(H,21,22,23). The summed E-state index contributed by atoms with van der Waals surface area (Å²) in [4.78, 5) is 0. The van der Waals surface area contributed by atoms with Crippen LogP contribution in [0, 0.1) is 0 Å². The molecule has 17 heteroatoms. The predicted octanol–water partition coefficient (Wildman–Crippen LogP) is 3.37. The molecule has 0 aromatic heterocycles. The molecule has 0 amide bonds. The molecule has 0 saturated heterocycles. The lowest BCUT2D eigenvalue weighted by Crippen LogP contribution is -2.71. The zero-order chi connectivity index (χ0) is 20.0. The molecule has 0 aromatic carbocycles. The van der Waals surface area contributed by atoms with Crippen molar-refractivity contribution in [3.63, 3.8) is 0 Å². The molecule has 1 aliphatic carbocycles. The van der Waals surface area contributed by atoms with E-state index in [0.717, 1.165) is 0 Å². The third-order valence-corrected chi connectivity index (χ3v) is 4.36. The Bertz CT molecular complexity index is 612. The van der Waals surface area contributed by atoms with E-state index in [4.69, 9.17) is 4.55 Å². The number of hydrogen-bond acceptors (Lipinski definition) is 2. The SMILES string of the molecule is O=S(=O)(O)C1(F)C(F)(F)C(F)(F)C(F)(F)C(F)(F)C(F)(F)C1(F)F. The molecule has 0 bridgehead atoms. The van der Waals surface area contributed by atoms with Crippen LogP contribution in [0.15, 0.2) is 0 Å². The maximum atomic E-state index is 13.6. The first-order valence-electron chi connectivity index (χ1n) is 4.93. The fourth-order valence-corrected chi connectivity index (χ4v) is 2.62. The van der Waals surface area contributed by atoms with Crippen LogP contribution in [0.3, 0.4) is 0 Å². The van der Waals surface area contributed by atoms with Crippen molar-refractivity contribution in [3.05, 3.63) is 0 Å². The van der Waals surface area contributed by atoms with Crippen molar-refractivity contribution in [1.29, 1.82) is 0 Å². The molecule has 0 radical (unpaired) electrons. The largest absolute Gasteiger partial charge is 0.384 e. The van der Waals surface area contributed by atoms with Crippen molar-refractivity contribution in [2.75, 3.05) is 0 Å². The van der Waals surface area contributed by atoms with E-state index in [9.17, 15) is 65.5 Å². The highest BCUT2D eigenvalue weighted by molar-refractivity contribution is 7.87. The first-order valence-corrected chi connectivity index (χ1v) is 6.37. The predicted molar refractivity (Wildman–Crippen MR) is 45.1 cm³/mol. The van der Waals surface area contributed by atoms with E-state index in [1.165, 1.54) is 0 Å². The van der Waals surface area contributed by atoms with Gasteiger partial charge < -0.3 is 0 Å². The topological polar surface area (TPSA) is 54.4 Å². The Balaban J connectivity index is 4.26. The van der Waals surface area contributed by atoms with Crippen LogP contribution < -0.4 is 0 Å². The zero-order valence-corrected chi connectivity index (χ0v) is 10.9. The lowest BCUT2D eigenvalue weighted by molar-refractivity contribution is -0.397. The molecule has 0 atom stereocenters. The Kier molecular flexibility index (Phi) is 3.85. The van der Waals surface area contributed by atoms with E-state index in [0.29, 0.717) is 0 Å². The summed E-state index contributed by atoms with van der Waals surface area (Å²) in [5, 5.41) is -7.93. The van der Waals surface area contributed by atoms with Gasteiger partial charge in [-0.15, -0.1) is 0 Å². The molecule has 144 valence electrons. The molecular formula is C7HF13O3S. The molecule has 0 spiro atoms. The molecule has 0 aromatic rings. The van der Waals surface area contributed by atoms with Gasteiger partial charge in [-0.25, -0.2) is 4.39 Å². The number of rotatable bonds is 1. The van der Waals surface area contributed by atoms with Gasteiger partial charge >= 0.3 is 50.7 Å². The van der Waals surface area contributed by atoms with Crippen LogP contribution >= 0.6 is 0 Å². The third kappa shape index (κ3) is 1.67. The molecule has 1 rings (SSSR count). The summed E-state index contributed by atoms with van der Waals surface area (Å²) in [6, 6.07) is 0. The second-order valence-electron chi connectivity index (χ2n) is 4.52. The molecule has 3 nitrogen and oxygen atoms in total. The van der Waals surface area contributed by atoms with E-state index < -0.39 is 50.7 Å². The third-order valence-electron chi connectivity index (χ3n) is 3.13. The van der Waals surface area contributed by atoms with E-state index in [1.807, 2.05) is 0 Å². The Hall–Kier alpha value is -1.00. The summed E-state index contributed by atoms with van der Waals surface area (Å²) >= 11 is 0. The Morgan fingerprint density at radius 3 is 0.792 bits per heavy atom. The average Bonchev–Trinajstić information content (AvgIpc) is 2.34. The van der Waals surface area contributed by atoms with Gasteiger partial charge in [0.1, 0.15) is 0 Å². The lowest BCUT2D eigenvalue weighted by atomic mass is 9.99. The van der Waals surface area contributed by atoms with Crippen LogP contribution in [-0.2, 0) is 10.1 Å². The molecule has 0 aliphatic heterocycles. The molecular weight excluding hydrogens is 411 g/mol. The van der Waals surface area contributed by atoms with Crippen molar-refractivity contribution >= 4 is 10.1 Å². The normalized spacial score (nSPS) is 31.9. The smallest absolute Gasteiger partial charge is 0.283 e. The zero-order valence-electron chi connectivity index (χ0n) is 10.1. The monoisotopic (exact) mass is 412 g/mol. The van der Waals surface area contributed by atoms with Crippen LogP contribution in [-0.4, -0.2) is 53.5 Å². The second-order valence-corrected chi connectivity index (χ2v) is 6.03. The van der Waals surface area contributed by atoms with Gasteiger partial charge in [-0.05, 0) is 0 Å². The van der Waals surface area contributed by atoms with Gasteiger partial charge in [0, 0.05) is 0 Å². The van der Waals surface area contributed by atoms with Gasteiger partial charge in [0.05, 0.1) is 0 Å². The minimum atomic E-state index is -8.12. The highest BCUT2D eigenvalue weighted by atomic mass is 32.2. The van der Waals surface area contributed by atoms with E-state index in [2.05, 4.69) is 0 Å². The van der Waals surface area contributed by atoms with E-state index >= 15 is 0 Å². The van der Waals surface area contributed by atoms with Gasteiger partial charge in [-0.3, -0.25) is 4.55 Å². The molecule has 1 fully saturated rings. The number of alkyl halides is 13. The Morgan fingerprint density at radius 2 is 0.625 bits per heavy atom. The highest BCUT2D eigenvalue weighted by Gasteiger charge is 3.04. The average molecular weight is 412 g/mol. The molecule has 24 heavy (non-hydrogen) atoms. The second kappa shape index (κ2) is 4.39. The van der Waals surface area contributed by atoms with Crippen LogP contribution in [0.4, 0.5) is 57.1 Å². The first kappa shape index (κ1) is 21.0. The number of halogens is 13. The first-order chi connectivity index (χ1) is 10.0. The van der Waals surface area contributed by atoms with Gasteiger partial charge in [-0.1, -0.05) is 0 Å². The summed E-state index contributed by atoms with van der Waals surface area (Å²) in [6.07, 6.45) is 0. The fraction of sp³-hybridized carbons (Fsp3) is 1.00. The van der Waals surface area contributed by atoms with Crippen molar-refractivity contribution in [1.82, 2.24) is 0 Å². The lowest BCUT2D eigenvalue weighted by Gasteiger charge is -2.38. The van der Waals surface area contributed by atoms with Crippen molar-refractivity contribution in [2.45, 2.75) is 40.5 Å². The van der Waals surface area contributed by atoms with Crippen LogP contribution in [0.1, 0.15) is 0 Å². The van der Waals surface area contributed by atoms with Gasteiger partial charge in [0.2, 0.25) is 0 Å². The summed E-state index contributed by atoms with van der Waals surface area (Å²) in [6.45, 7) is 0. The van der Waals surface area contributed by atoms with Gasteiger partial charge in [0.25, 0.3) is 0 Å². The molecule has 0 unspecified atom stereocenters. The maximum absolute atomic E-state index is 13.6. The summed E-state index contributed by atoms with van der Waals surface area (Å²) in [5.41, 5.74) is 0. The quantitative estimate of drug-likeness (QED) is 0.409. The molecule has 1 N–H and O–H groups in total. The number of hydrogen-bond donors (Lipinski definition) is 1. The van der Waals surface area contributed by atoms with Gasteiger partial charge in [-0.2, -0.15) is 61.1 Å². The molecule has 0 heterocycles. The fourth-order valence-electron chi connectivity index (χ4n) is 1.71. The van der Waals surface area contributed by atoms with Crippen LogP contribution in [0.5, 0.6) is 0 Å². The van der Waals surface area contributed by atoms with Crippen molar-refractivity contribution in [3.8, 4) is 0 Å². The minimum absolute atomic E-state index is 7.93. The Morgan fingerprint density at radius 1 is 0.458 bits per heavy atom. The van der Waals surface area contributed by atoms with Crippen LogP contribution in [0.25, 0.3) is 0 Å². The van der Waals surface area contributed by atoms with Crippen LogP contribution in [0.2, 0.25) is 0 Å². The molecule has 1 saturated carbocycles. The van der Waals surface area contributed by atoms with Crippen molar-refractivity contribution in [2.24, 2.45) is 0 Å². The summed E-state index contributed by atoms with van der Waals surface area (Å²) in [5.74, 6) is -48.6. The summed E-state index contributed by atoms with van der Waals surface area (Å²) in [7, 11) is -8.10. The Labute approximate surface area is 122 Å².